The van der Waals surface area contributed by atoms with Crippen LogP contribution in [-0.2, 0) is 0 Å². The minimum Gasteiger partial charge on any atom is -0.494 e. The van der Waals surface area contributed by atoms with Gasteiger partial charge in [0, 0.05) is 24.7 Å². The lowest BCUT2D eigenvalue weighted by Gasteiger charge is -2.31. The number of carbonyl (C=O) groups is 1. The van der Waals surface area contributed by atoms with Crippen molar-refractivity contribution >= 4 is 16.9 Å². The Bertz CT molecular complexity index is 1010. The number of piperidine rings is 1. The molecule has 0 radical (unpaired) electrons. The number of benzene rings is 2. The monoisotopic (exact) mass is 427 g/mol. The maximum absolute atomic E-state index is 13.3. The van der Waals surface area contributed by atoms with Gasteiger partial charge in [0.05, 0.1) is 12.1 Å². The average molecular weight is 427 g/mol. The van der Waals surface area contributed by atoms with Crippen molar-refractivity contribution in [2.45, 2.75) is 19.3 Å². The summed E-state index contributed by atoms with van der Waals surface area (Å²) >= 11 is 0. The molecular formula is C24H27F2N3O2. The molecule has 0 aliphatic carbocycles. The number of hydrogen-bond acceptors (Lipinski definition) is 3. The van der Waals surface area contributed by atoms with Gasteiger partial charge >= 0.3 is 6.03 Å². The van der Waals surface area contributed by atoms with Crippen molar-refractivity contribution in [1.82, 2.24) is 14.8 Å². The molecule has 4 rings (SSSR count). The molecule has 31 heavy (non-hydrogen) atoms. The first-order valence-electron chi connectivity index (χ1n) is 10.7. The molecule has 1 aliphatic heterocycles. The van der Waals surface area contributed by atoms with Gasteiger partial charge in [-0.05, 0) is 86.8 Å². The maximum Gasteiger partial charge on any atom is 0.326 e. The lowest BCUT2D eigenvalue weighted by Crippen LogP contribution is -2.40. The fourth-order valence-corrected chi connectivity index (χ4v) is 4.07. The predicted octanol–water partition coefficient (Wildman–Crippen LogP) is 4.66. The highest BCUT2D eigenvalue weighted by atomic mass is 19.1. The summed E-state index contributed by atoms with van der Waals surface area (Å²) in [6, 6.07) is 12.1. The zero-order chi connectivity index (χ0) is 21.6. The Kier molecular flexibility index (Phi) is 6.82. The van der Waals surface area contributed by atoms with Gasteiger partial charge in [0.15, 0.2) is 0 Å². The van der Waals surface area contributed by atoms with Crippen LogP contribution in [0.5, 0.6) is 5.75 Å². The van der Waals surface area contributed by atoms with Gasteiger partial charge in [0.1, 0.15) is 17.4 Å². The molecule has 1 aromatic heterocycles. The molecule has 0 bridgehead atoms. The van der Waals surface area contributed by atoms with Crippen molar-refractivity contribution in [3.05, 3.63) is 66.4 Å². The minimum atomic E-state index is -0.309. The maximum atomic E-state index is 13.3. The van der Waals surface area contributed by atoms with Crippen molar-refractivity contribution in [3.63, 3.8) is 0 Å². The smallest absolute Gasteiger partial charge is 0.326 e. The molecule has 5 nitrogen and oxygen atoms in total. The van der Waals surface area contributed by atoms with Gasteiger partial charge in [-0.3, -0.25) is 4.57 Å². The van der Waals surface area contributed by atoms with E-state index in [0.29, 0.717) is 35.7 Å². The van der Waals surface area contributed by atoms with Crippen LogP contribution in [0.3, 0.4) is 0 Å². The molecule has 7 heteroatoms. The summed E-state index contributed by atoms with van der Waals surface area (Å²) < 4.78 is 33.4. The summed E-state index contributed by atoms with van der Waals surface area (Å²) in [5, 5.41) is 3.66. The number of fused-ring (bicyclic) bond motifs is 1. The lowest BCUT2D eigenvalue weighted by atomic mass is 9.94. The van der Waals surface area contributed by atoms with Crippen LogP contribution in [0.15, 0.2) is 54.7 Å². The van der Waals surface area contributed by atoms with Crippen LogP contribution >= 0.6 is 0 Å². The first-order chi connectivity index (χ1) is 15.1. The summed E-state index contributed by atoms with van der Waals surface area (Å²) in [6.45, 7) is 4.02. The first-order valence-corrected chi connectivity index (χ1v) is 10.7. The van der Waals surface area contributed by atoms with Gasteiger partial charge in [0.2, 0.25) is 0 Å². The van der Waals surface area contributed by atoms with Gasteiger partial charge < -0.3 is 15.0 Å². The topological polar surface area (TPSA) is 46.5 Å². The van der Waals surface area contributed by atoms with E-state index in [1.807, 2.05) is 0 Å². The van der Waals surface area contributed by atoms with Crippen LogP contribution in [-0.4, -0.2) is 48.3 Å². The number of ether oxygens (including phenoxy) is 1. The number of carbonyl (C=O) groups excluding carboxylic acids is 1. The SMILES string of the molecule is O=C(NCCN1CCC(CCOc2ccc(F)cc2)CC1)n1ccc2cc(F)ccc21. The minimum absolute atomic E-state index is 0.200. The van der Waals surface area contributed by atoms with Crippen LogP contribution in [0, 0.1) is 17.6 Å². The molecule has 1 aliphatic rings. The van der Waals surface area contributed by atoms with Crippen LogP contribution in [0.1, 0.15) is 19.3 Å². The molecule has 1 amide bonds. The van der Waals surface area contributed by atoms with Gasteiger partial charge in [-0.15, -0.1) is 0 Å². The van der Waals surface area contributed by atoms with E-state index in [2.05, 4.69) is 10.2 Å². The number of nitrogens with one attached hydrogen (secondary N) is 1. The van der Waals surface area contributed by atoms with Crippen molar-refractivity contribution < 1.29 is 18.3 Å². The van der Waals surface area contributed by atoms with Crippen molar-refractivity contribution in [2.24, 2.45) is 5.92 Å². The van der Waals surface area contributed by atoms with Crippen molar-refractivity contribution in [1.29, 1.82) is 0 Å². The summed E-state index contributed by atoms with van der Waals surface area (Å²) in [6.07, 6.45) is 4.87. The Morgan fingerprint density at radius 2 is 1.77 bits per heavy atom. The zero-order valence-electron chi connectivity index (χ0n) is 17.4. The van der Waals surface area contributed by atoms with Gasteiger partial charge in [-0.1, -0.05) is 0 Å². The second-order valence-corrected chi connectivity index (χ2v) is 8.00. The molecule has 1 saturated heterocycles. The number of aromatic nitrogens is 1. The Morgan fingerprint density at radius 3 is 2.55 bits per heavy atom. The standard InChI is InChI=1S/C24H27F2N3O2/c25-20-1-4-22(5-2-20)31-16-10-18-7-12-28(13-8-18)15-11-27-24(30)29-14-9-19-17-21(26)3-6-23(19)29/h1-6,9,14,17-18H,7-8,10-13,15-16H2,(H,27,30). The second kappa shape index (κ2) is 9.92. The molecule has 0 atom stereocenters. The van der Waals surface area contributed by atoms with E-state index in [4.69, 9.17) is 4.74 Å². The largest absolute Gasteiger partial charge is 0.494 e. The van der Waals surface area contributed by atoms with E-state index in [9.17, 15) is 13.6 Å². The second-order valence-electron chi connectivity index (χ2n) is 8.00. The lowest BCUT2D eigenvalue weighted by molar-refractivity contribution is 0.164. The number of amides is 1. The van der Waals surface area contributed by atoms with Gasteiger partial charge in [0.25, 0.3) is 0 Å². The summed E-state index contributed by atoms with van der Waals surface area (Å²) in [4.78, 5) is 14.8. The Morgan fingerprint density at radius 1 is 1.03 bits per heavy atom. The molecule has 3 aromatic rings. The molecule has 2 aromatic carbocycles. The average Bonchev–Trinajstić information content (AvgIpc) is 3.19. The summed E-state index contributed by atoms with van der Waals surface area (Å²) in [5.74, 6) is 0.761. The van der Waals surface area contributed by atoms with Crippen molar-refractivity contribution in [2.75, 3.05) is 32.8 Å². The third kappa shape index (κ3) is 5.61. The van der Waals surface area contributed by atoms with E-state index in [0.717, 1.165) is 38.9 Å². The number of rotatable bonds is 7. The quantitative estimate of drug-likeness (QED) is 0.597. The van der Waals surface area contributed by atoms with E-state index >= 15 is 0 Å². The highest BCUT2D eigenvalue weighted by molar-refractivity contribution is 5.91. The van der Waals surface area contributed by atoms with E-state index < -0.39 is 0 Å². The number of hydrogen-bond donors (Lipinski definition) is 1. The van der Waals surface area contributed by atoms with Gasteiger partial charge in [-0.2, -0.15) is 0 Å². The van der Waals surface area contributed by atoms with Crippen LogP contribution in [0.25, 0.3) is 10.9 Å². The van der Waals surface area contributed by atoms with Crippen LogP contribution in [0.2, 0.25) is 0 Å². The molecule has 2 heterocycles. The third-order valence-corrected chi connectivity index (χ3v) is 5.89. The molecule has 0 saturated carbocycles. The van der Waals surface area contributed by atoms with Gasteiger partial charge in [-0.25, -0.2) is 13.6 Å². The molecule has 1 fully saturated rings. The number of halogens is 2. The van der Waals surface area contributed by atoms with E-state index in [1.54, 1.807) is 30.5 Å². The molecule has 1 N–H and O–H groups in total. The third-order valence-electron chi connectivity index (χ3n) is 5.89. The fraction of sp³-hybridized carbons (Fsp3) is 0.375. The van der Waals surface area contributed by atoms with Crippen LogP contribution in [0.4, 0.5) is 13.6 Å². The summed E-state index contributed by atoms with van der Waals surface area (Å²) in [7, 11) is 0. The number of nitrogens with zero attached hydrogens (tertiary/aromatic N) is 2. The Hall–Kier alpha value is -2.93. The zero-order valence-corrected chi connectivity index (χ0v) is 17.4. The van der Waals surface area contributed by atoms with Crippen LogP contribution < -0.4 is 10.1 Å². The molecule has 0 spiro atoms. The van der Waals surface area contributed by atoms with E-state index in [-0.39, 0.29) is 17.7 Å². The molecular weight excluding hydrogens is 400 g/mol. The Balaban J connectivity index is 1.14. The molecule has 164 valence electrons. The number of likely N-dealkylation sites (tertiary alicyclic amines) is 1. The normalized spacial score (nSPS) is 15.3. The van der Waals surface area contributed by atoms with E-state index in [1.165, 1.54) is 28.8 Å². The predicted molar refractivity (Wildman–Crippen MR) is 116 cm³/mol. The van der Waals surface area contributed by atoms with Crippen molar-refractivity contribution in [3.8, 4) is 5.75 Å². The Labute approximate surface area is 180 Å². The first kappa shape index (κ1) is 21.3. The fourth-order valence-electron chi connectivity index (χ4n) is 4.07. The molecule has 0 unspecified atom stereocenters. The highest BCUT2D eigenvalue weighted by Crippen LogP contribution is 2.21. The highest BCUT2D eigenvalue weighted by Gasteiger charge is 2.19. The summed E-state index contributed by atoms with van der Waals surface area (Å²) in [5.41, 5.74) is 0.697.